The van der Waals surface area contributed by atoms with E-state index in [9.17, 15) is 0 Å². The third-order valence-corrected chi connectivity index (χ3v) is 16.2. The molecule has 0 saturated heterocycles. The Morgan fingerprint density at radius 2 is 0.824 bits per heavy atom. The Balaban J connectivity index is 0.931. The minimum atomic E-state index is -0.273. The van der Waals surface area contributed by atoms with Gasteiger partial charge in [-0.2, -0.15) is 0 Å². The molecule has 2 atom stereocenters. The number of fused-ring (bicyclic) bond motifs is 7. The van der Waals surface area contributed by atoms with Crippen LogP contribution in [-0.2, 0) is 22.9 Å². The summed E-state index contributed by atoms with van der Waals surface area (Å²) in [5, 5.41) is 5.08. The molecule has 3 aliphatic carbocycles. The largest absolute Gasteiger partial charge is 0.330 e. The molecule has 0 amide bonds. The van der Waals surface area contributed by atoms with Crippen LogP contribution in [0.3, 0.4) is 0 Å². The van der Waals surface area contributed by atoms with Gasteiger partial charge in [0.1, 0.15) is 0 Å². The first-order chi connectivity index (χ1) is 33.3. The van der Waals surface area contributed by atoms with Gasteiger partial charge in [0.05, 0.1) is 16.8 Å². The highest BCUT2D eigenvalue weighted by molar-refractivity contribution is 6.00. The quantitative estimate of drug-likeness (QED) is 0.135. The lowest BCUT2D eigenvalue weighted by molar-refractivity contribution is 0.363. The molecule has 10 aromatic rings. The standard InChI is InChI=1S/C66H54N2/c1-5-65(67(62-29-17-25-48-23-13-15-27-53(48)62)51-35-31-46(32-36-51)44-19-9-7-10-20-44)43-50-39-55-56-40-60-61(42-59(56)64(3,4)58(55)41-57(50)65)66(60,6-2)68(63-30-18-26-49-24-14-16-28-54(49)63)52-37-33-47(34-38-52)45-21-11-8-12-22-45/h7-42H,5-6,43H2,1-4H3. The second kappa shape index (κ2) is 15.2. The molecule has 0 bridgehead atoms. The Hall–Kier alpha value is -7.68. The van der Waals surface area contributed by atoms with Crippen molar-refractivity contribution in [1.82, 2.24) is 0 Å². The summed E-state index contributed by atoms with van der Waals surface area (Å²) in [4.78, 5) is 5.36. The second-order valence-corrected chi connectivity index (χ2v) is 19.9. The molecule has 0 N–H and O–H groups in total. The Morgan fingerprint density at radius 1 is 0.382 bits per heavy atom. The summed E-state index contributed by atoms with van der Waals surface area (Å²) in [6.45, 7) is 9.71. The van der Waals surface area contributed by atoms with Gasteiger partial charge in [-0.1, -0.05) is 204 Å². The minimum absolute atomic E-state index is 0.185. The number of anilines is 4. The van der Waals surface area contributed by atoms with Crippen LogP contribution in [0.4, 0.5) is 22.7 Å². The van der Waals surface area contributed by atoms with Gasteiger partial charge in [-0.05, 0) is 133 Å². The van der Waals surface area contributed by atoms with Crippen molar-refractivity contribution < 1.29 is 0 Å². The fourth-order valence-electron chi connectivity index (χ4n) is 12.7. The zero-order chi connectivity index (χ0) is 45.8. The zero-order valence-corrected chi connectivity index (χ0v) is 39.3. The van der Waals surface area contributed by atoms with Gasteiger partial charge in [-0.3, -0.25) is 0 Å². The molecule has 0 radical (unpaired) electrons. The van der Waals surface area contributed by atoms with Gasteiger partial charge >= 0.3 is 0 Å². The van der Waals surface area contributed by atoms with Crippen LogP contribution >= 0.6 is 0 Å². The van der Waals surface area contributed by atoms with Crippen molar-refractivity contribution in [2.45, 2.75) is 63.5 Å². The Morgan fingerprint density at radius 3 is 1.37 bits per heavy atom. The van der Waals surface area contributed by atoms with Gasteiger partial charge in [0.2, 0.25) is 0 Å². The van der Waals surface area contributed by atoms with Gasteiger partial charge in [-0.15, -0.1) is 0 Å². The first-order valence-electron chi connectivity index (χ1n) is 24.6. The maximum absolute atomic E-state index is 2.69. The van der Waals surface area contributed by atoms with E-state index in [1.807, 2.05) is 0 Å². The molecule has 13 rings (SSSR count). The highest BCUT2D eigenvalue weighted by Crippen LogP contribution is 2.65. The average molecular weight is 875 g/mol. The first-order valence-corrected chi connectivity index (χ1v) is 24.6. The number of hydrogen-bond acceptors (Lipinski definition) is 2. The summed E-state index contributed by atoms with van der Waals surface area (Å²) in [5.41, 5.74) is 20.7. The van der Waals surface area contributed by atoms with Crippen LogP contribution in [0.15, 0.2) is 218 Å². The molecule has 2 nitrogen and oxygen atoms in total. The van der Waals surface area contributed by atoms with E-state index in [2.05, 4.69) is 256 Å². The van der Waals surface area contributed by atoms with Crippen LogP contribution in [0.5, 0.6) is 0 Å². The van der Waals surface area contributed by atoms with Crippen LogP contribution in [0.1, 0.15) is 73.9 Å². The van der Waals surface area contributed by atoms with Crippen molar-refractivity contribution in [2.75, 3.05) is 9.80 Å². The summed E-state index contributed by atoms with van der Waals surface area (Å²) in [6.07, 6.45) is 2.92. The molecule has 0 aromatic heterocycles. The molecule has 3 aliphatic rings. The fourth-order valence-corrected chi connectivity index (χ4v) is 12.7. The molecule has 2 heteroatoms. The van der Waals surface area contributed by atoms with Crippen molar-refractivity contribution in [1.29, 1.82) is 0 Å². The topological polar surface area (TPSA) is 6.48 Å². The Labute approximate surface area is 400 Å². The van der Waals surface area contributed by atoms with Crippen molar-refractivity contribution in [3.05, 3.63) is 252 Å². The lowest BCUT2D eigenvalue weighted by Crippen LogP contribution is -2.51. The summed E-state index contributed by atoms with van der Waals surface area (Å²) in [7, 11) is 0. The van der Waals surface area contributed by atoms with Crippen molar-refractivity contribution in [3.63, 3.8) is 0 Å². The highest BCUT2D eigenvalue weighted by atomic mass is 15.2. The van der Waals surface area contributed by atoms with Crippen LogP contribution in [0.25, 0.3) is 54.9 Å². The van der Waals surface area contributed by atoms with E-state index < -0.39 is 0 Å². The molecule has 0 spiro atoms. The second-order valence-electron chi connectivity index (χ2n) is 19.9. The normalized spacial score (nSPS) is 18.0. The third-order valence-electron chi connectivity index (χ3n) is 16.2. The van der Waals surface area contributed by atoms with Crippen molar-refractivity contribution in [3.8, 4) is 33.4 Å². The van der Waals surface area contributed by atoms with E-state index in [0.717, 1.165) is 19.3 Å². The van der Waals surface area contributed by atoms with E-state index in [1.54, 1.807) is 0 Å². The fraction of sp³-hybridized carbons (Fsp3) is 0.152. The maximum atomic E-state index is 2.69. The van der Waals surface area contributed by atoms with Crippen molar-refractivity contribution in [2.24, 2.45) is 0 Å². The molecule has 10 aromatic carbocycles. The van der Waals surface area contributed by atoms with E-state index in [1.165, 1.54) is 111 Å². The Bertz CT molecular complexity index is 3580. The lowest BCUT2D eigenvalue weighted by Gasteiger charge is -2.53. The van der Waals surface area contributed by atoms with Gasteiger partial charge < -0.3 is 9.80 Å². The first kappa shape index (κ1) is 40.6. The maximum Gasteiger partial charge on any atom is 0.0960 e. The number of nitrogens with zero attached hydrogens (tertiary/aromatic N) is 2. The predicted octanol–water partition coefficient (Wildman–Crippen LogP) is 17.4. The van der Waals surface area contributed by atoms with Crippen LogP contribution in [-0.4, -0.2) is 0 Å². The van der Waals surface area contributed by atoms with E-state index >= 15 is 0 Å². The molecule has 2 unspecified atom stereocenters. The van der Waals surface area contributed by atoms with E-state index in [0.29, 0.717) is 0 Å². The van der Waals surface area contributed by atoms with E-state index in [-0.39, 0.29) is 16.5 Å². The summed E-state index contributed by atoms with van der Waals surface area (Å²) in [5.74, 6) is 0. The van der Waals surface area contributed by atoms with Gasteiger partial charge in [0.15, 0.2) is 0 Å². The Kier molecular flexibility index (Phi) is 9.05. The summed E-state index contributed by atoms with van der Waals surface area (Å²) < 4.78 is 0. The lowest BCUT2D eigenvalue weighted by atomic mass is 9.65. The molecule has 0 saturated carbocycles. The molecule has 0 heterocycles. The predicted molar refractivity (Wildman–Crippen MR) is 287 cm³/mol. The highest BCUT2D eigenvalue weighted by Gasteiger charge is 2.57. The smallest absolute Gasteiger partial charge is 0.0960 e. The SMILES string of the molecule is CCC1(N(c2ccc(-c3ccccc3)cc2)c2cccc3ccccc23)Cc2cc3c(cc21)C(C)(C)c1cc2c(cc1-3)C2(CC)N(c1ccc(-c2ccccc2)cc1)c1cccc2ccccc12. The average Bonchev–Trinajstić information content (AvgIpc) is 3.97. The minimum Gasteiger partial charge on any atom is -0.330 e. The van der Waals surface area contributed by atoms with Gasteiger partial charge in [0, 0.05) is 39.7 Å². The van der Waals surface area contributed by atoms with Crippen LogP contribution < -0.4 is 9.80 Å². The molecular formula is C66H54N2. The number of hydrogen-bond donors (Lipinski definition) is 0. The number of benzene rings is 10. The third kappa shape index (κ3) is 5.83. The zero-order valence-electron chi connectivity index (χ0n) is 39.3. The van der Waals surface area contributed by atoms with Gasteiger partial charge in [0.25, 0.3) is 0 Å². The van der Waals surface area contributed by atoms with Crippen LogP contribution in [0.2, 0.25) is 0 Å². The van der Waals surface area contributed by atoms with Gasteiger partial charge in [-0.25, -0.2) is 0 Å². The molecule has 0 aliphatic heterocycles. The number of rotatable bonds is 10. The molecular weight excluding hydrogens is 821 g/mol. The summed E-state index contributed by atoms with van der Waals surface area (Å²) in [6, 6.07) is 81.8. The molecule has 328 valence electrons. The van der Waals surface area contributed by atoms with Crippen LogP contribution in [0, 0.1) is 0 Å². The van der Waals surface area contributed by atoms with Crippen molar-refractivity contribution >= 4 is 44.3 Å². The molecule has 68 heavy (non-hydrogen) atoms. The monoisotopic (exact) mass is 874 g/mol. The molecule has 0 fully saturated rings. The van der Waals surface area contributed by atoms with E-state index in [4.69, 9.17) is 0 Å². The summed E-state index contributed by atoms with van der Waals surface area (Å²) >= 11 is 0.